The molecular weight excluding hydrogens is 272 g/mol. The summed E-state index contributed by atoms with van der Waals surface area (Å²) in [6.45, 7) is 1.25. The number of hydrogen-bond donors (Lipinski definition) is 3. The Morgan fingerprint density at radius 1 is 1.42 bits per heavy atom. The third kappa shape index (κ3) is 2.59. The largest absolute Gasteiger partial charge is 0.478 e. The maximum absolute atomic E-state index is 11.4. The van der Waals surface area contributed by atoms with Crippen LogP contribution in [-0.2, 0) is 27.3 Å². The minimum atomic E-state index is -1.11. The highest BCUT2D eigenvalue weighted by atomic mass is 32.1. The molecule has 0 bridgehead atoms. The lowest BCUT2D eigenvalue weighted by atomic mass is 10.0. The number of fused-ring (bicyclic) bond motifs is 1. The first-order valence-electron chi connectivity index (χ1n) is 5.52. The van der Waals surface area contributed by atoms with Gasteiger partial charge in [0.1, 0.15) is 5.00 Å². The predicted octanol–water partition coefficient (Wildman–Crippen LogP) is 0.203. The summed E-state index contributed by atoms with van der Waals surface area (Å²) in [4.78, 5) is 34.7. The van der Waals surface area contributed by atoms with E-state index in [4.69, 9.17) is 0 Å². The molecule has 1 aromatic heterocycles. The Balaban J connectivity index is 2.35. The second-order valence-electron chi connectivity index (χ2n) is 3.89. The number of aromatic carboxylic acids is 1. The van der Waals surface area contributed by atoms with Gasteiger partial charge in [0.2, 0.25) is 0 Å². The lowest BCUT2D eigenvalue weighted by Crippen LogP contribution is -2.25. The summed E-state index contributed by atoms with van der Waals surface area (Å²) in [6, 6.07) is 0. The van der Waals surface area contributed by atoms with Crippen molar-refractivity contribution in [2.75, 3.05) is 19.0 Å². The monoisotopic (exact) mass is 284 g/mol. The van der Waals surface area contributed by atoms with Crippen LogP contribution >= 0.6 is 11.3 Å². The second kappa shape index (κ2) is 5.37. The van der Waals surface area contributed by atoms with E-state index in [-0.39, 0.29) is 10.6 Å². The number of carboxylic acids is 1. The van der Waals surface area contributed by atoms with E-state index in [1.54, 1.807) is 0 Å². The number of methoxy groups -OCH3 is 1. The van der Waals surface area contributed by atoms with Gasteiger partial charge < -0.3 is 20.5 Å². The molecule has 0 aliphatic carbocycles. The van der Waals surface area contributed by atoms with Gasteiger partial charge in [-0.15, -0.1) is 11.3 Å². The van der Waals surface area contributed by atoms with E-state index in [0.29, 0.717) is 19.5 Å². The van der Waals surface area contributed by atoms with E-state index in [9.17, 15) is 19.5 Å². The van der Waals surface area contributed by atoms with E-state index in [1.807, 2.05) is 0 Å². The lowest BCUT2D eigenvalue weighted by Gasteiger charge is -2.12. The lowest BCUT2D eigenvalue weighted by molar-refractivity contribution is -0.150. The molecule has 1 aliphatic heterocycles. The Morgan fingerprint density at radius 2 is 2.16 bits per heavy atom. The molecule has 0 fully saturated rings. The van der Waals surface area contributed by atoms with Crippen molar-refractivity contribution in [1.29, 1.82) is 0 Å². The van der Waals surface area contributed by atoms with Gasteiger partial charge in [-0.05, 0) is 18.5 Å². The molecule has 19 heavy (non-hydrogen) atoms. The zero-order valence-corrected chi connectivity index (χ0v) is 10.9. The smallest absolute Gasteiger partial charge is 0.396 e. The molecule has 2 heterocycles. The SMILES string of the molecule is COC(=O)C(=O)Nc1sc2c(c1C(=O)O)CCNC2. The van der Waals surface area contributed by atoms with Gasteiger partial charge in [0, 0.05) is 11.4 Å². The number of thiophene rings is 1. The molecule has 3 N–H and O–H groups in total. The predicted molar refractivity (Wildman–Crippen MR) is 67.3 cm³/mol. The molecule has 2 rings (SSSR count). The van der Waals surface area contributed by atoms with E-state index in [2.05, 4.69) is 15.4 Å². The van der Waals surface area contributed by atoms with Gasteiger partial charge in [-0.1, -0.05) is 0 Å². The van der Waals surface area contributed by atoms with E-state index in [0.717, 1.165) is 28.9 Å². The van der Waals surface area contributed by atoms with Gasteiger partial charge in [0.05, 0.1) is 12.7 Å². The first-order valence-corrected chi connectivity index (χ1v) is 6.34. The van der Waals surface area contributed by atoms with E-state index >= 15 is 0 Å². The maximum Gasteiger partial charge on any atom is 0.396 e. The molecular formula is C11H12N2O5S. The highest BCUT2D eigenvalue weighted by Gasteiger charge is 2.27. The van der Waals surface area contributed by atoms with Gasteiger partial charge in [-0.25, -0.2) is 9.59 Å². The van der Waals surface area contributed by atoms with Crippen LogP contribution in [0.2, 0.25) is 0 Å². The summed E-state index contributed by atoms with van der Waals surface area (Å²) in [6.07, 6.45) is 0.585. The summed E-state index contributed by atoms with van der Waals surface area (Å²) in [5.41, 5.74) is 0.787. The number of hydrogen-bond acceptors (Lipinski definition) is 6. The molecule has 0 unspecified atom stereocenters. The Bertz CT molecular complexity index is 552. The molecule has 0 radical (unpaired) electrons. The van der Waals surface area contributed by atoms with Gasteiger partial charge in [0.25, 0.3) is 0 Å². The number of amides is 1. The zero-order valence-electron chi connectivity index (χ0n) is 10.1. The normalized spacial score (nSPS) is 13.5. The Labute approximate surface area is 112 Å². The number of nitrogens with one attached hydrogen (secondary N) is 2. The number of carbonyl (C=O) groups is 3. The molecule has 7 nitrogen and oxygen atoms in total. The van der Waals surface area contributed by atoms with Crippen LogP contribution in [-0.4, -0.2) is 36.6 Å². The molecule has 102 valence electrons. The quantitative estimate of drug-likeness (QED) is 0.529. The molecule has 0 spiro atoms. The van der Waals surface area contributed by atoms with Crippen molar-refractivity contribution in [3.8, 4) is 0 Å². The molecule has 1 amide bonds. The second-order valence-corrected chi connectivity index (χ2v) is 4.99. The molecule has 8 heteroatoms. The Hall–Kier alpha value is -1.93. The highest BCUT2D eigenvalue weighted by molar-refractivity contribution is 7.17. The average molecular weight is 284 g/mol. The van der Waals surface area contributed by atoms with Gasteiger partial charge in [-0.2, -0.15) is 0 Å². The highest BCUT2D eigenvalue weighted by Crippen LogP contribution is 2.35. The van der Waals surface area contributed by atoms with Crippen LogP contribution in [0.4, 0.5) is 5.00 Å². The standard InChI is InChI=1S/C11H12N2O5S/c1-18-11(17)8(14)13-9-7(10(15)16)5-2-3-12-4-6(5)19-9/h12H,2-4H2,1H3,(H,13,14)(H,15,16). The van der Waals surface area contributed by atoms with Crippen molar-refractivity contribution in [3.63, 3.8) is 0 Å². The summed E-state index contributed by atoms with van der Waals surface area (Å²) in [5, 5.41) is 14.8. The number of carboxylic acid groups (broad SMARTS) is 1. The number of ether oxygens (including phenoxy) is 1. The molecule has 0 saturated carbocycles. The minimum absolute atomic E-state index is 0.0683. The minimum Gasteiger partial charge on any atom is -0.478 e. The van der Waals surface area contributed by atoms with Crippen LogP contribution < -0.4 is 10.6 Å². The van der Waals surface area contributed by atoms with Gasteiger partial charge >= 0.3 is 17.8 Å². The van der Waals surface area contributed by atoms with Gasteiger partial charge in [0.15, 0.2) is 0 Å². The van der Waals surface area contributed by atoms with Crippen molar-refractivity contribution in [3.05, 3.63) is 16.0 Å². The van der Waals surface area contributed by atoms with Crippen molar-refractivity contribution in [2.45, 2.75) is 13.0 Å². The zero-order chi connectivity index (χ0) is 14.0. The molecule has 0 atom stereocenters. The van der Waals surface area contributed by atoms with Crippen molar-refractivity contribution in [2.24, 2.45) is 0 Å². The van der Waals surface area contributed by atoms with Crippen molar-refractivity contribution < 1.29 is 24.2 Å². The van der Waals surface area contributed by atoms with E-state index < -0.39 is 17.8 Å². The third-order valence-corrected chi connectivity index (χ3v) is 3.89. The Morgan fingerprint density at radius 3 is 2.79 bits per heavy atom. The number of rotatable bonds is 2. The van der Waals surface area contributed by atoms with Crippen LogP contribution in [0.3, 0.4) is 0 Å². The fourth-order valence-corrected chi connectivity index (χ4v) is 3.10. The van der Waals surface area contributed by atoms with Crippen LogP contribution in [0.1, 0.15) is 20.8 Å². The molecule has 0 aromatic carbocycles. The van der Waals surface area contributed by atoms with Crippen molar-refractivity contribution in [1.82, 2.24) is 5.32 Å². The first-order chi connectivity index (χ1) is 9.04. The van der Waals surface area contributed by atoms with Gasteiger partial charge in [-0.3, -0.25) is 4.79 Å². The fourth-order valence-electron chi connectivity index (χ4n) is 1.90. The van der Waals surface area contributed by atoms with Crippen molar-refractivity contribution >= 4 is 34.2 Å². The van der Waals surface area contributed by atoms with Crippen LogP contribution in [0, 0.1) is 0 Å². The summed E-state index contributed by atoms with van der Waals surface area (Å²) in [5.74, 6) is -3.14. The summed E-state index contributed by atoms with van der Waals surface area (Å²) >= 11 is 1.16. The van der Waals surface area contributed by atoms with Crippen LogP contribution in [0.15, 0.2) is 0 Å². The molecule has 1 aliphatic rings. The summed E-state index contributed by atoms with van der Waals surface area (Å²) in [7, 11) is 1.09. The number of anilines is 1. The number of esters is 1. The Kier molecular flexibility index (Phi) is 3.82. The summed E-state index contributed by atoms with van der Waals surface area (Å²) < 4.78 is 4.28. The molecule has 1 aromatic rings. The average Bonchev–Trinajstić information content (AvgIpc) is 2.75. The van der Waals surface area contributed by atoms with Crippen LogP contribution in [0.25, 0.3) is 0 Å². The van der Waals surface area contributed by atoms with E-state index in [1.165, 1.54) is 0 Å². The maximum atomic E-state index is 11.4. The number of carbonyl (C=O) groups excluding carboxylic acids is 2. The topological polar surface area (TPSA) is 105 Å². The fraction of sp³-hybridized carbons (Fsp3) is 0.364. The van der Waals surface area contributed by atoms with Crippen LogP contribution in [0.5, 0.6) is 0 Å². The molecule has 0 saturated heterocycles. The first kappa shape index (κ1) is 13.5. The third-order valence-electron chi connectivity index (χ3n) is 2.74.